The Morgan fingerprint density at radius 2 is 1.72 bits per heavy atom. The van der Waals surface area contributed by atoms with Crippen LogP contribution in [0, 0.1) is 34.5 Å². The Kier molecular flexibility index (Phi) is 4.74. The number of aliphatic hydroxyl groups is 2. The molecule has 25 heavy (non-hydrogen) atoms. The van der Waals surface area contributed by atoms with Crippen molar-refractivity contribution >= 4 is 0 Å². The predicted octanol–water partition coefficient (Wildman–Crippen LogP) is 2.71. The molecule has 0 aliphatic heterocycles. The molecule has 3 heteroatoms. The maximum absolute atomic E-state index is 11.5. The molecular formula is C22H40NO2+. The molecule has 3 nitrogen and oxygen atoms in total. The summed E-state index contributed by atoms with van der Waals surface area (Å²) in [6.07, 6.45) is 13.4. The van der Waals surface area contributed by atoms with E-state index in [-0.39, 0.29) is 12.0 Å². The van der Waals surface area contributed by atoms with Gasteiger partial charge in [0.05, 0.1) is 13.2 Å². The molecule has 4 aliphatic carbocycles. The van der Waals surface area contributed by atoms with Crippen LogP contribution in [0.3, 0.4) is 0 Å². The number of fused-ring (bicyclic) bond motifs is 5. The van der Waals surface area contributed by atoms with Crippen molar-refractivity contribution in [3.63, 3.8) is 0 Å². The van der Waals surface area contributed by atoms with Crippen molar-refractivity contribution in [2.45, 2.75) is 83.7 Å². The minimum Gasteiger partial charge on any atom is -0.391 e. The fraction of sp³-hybridized carbons (Fsp3) is 1.00. The van der Waals surface area contributed by atoms with Gasteiger partial charge >= 0.3 is 0 Å². The van der Waals surface area contributed by atoms with Crippen LogP contribution in [0.2, 0.25) is 0 Å². The van der Waals surface area contributed by atoms with E-state index in [1.54, 1.807) is 0 Å². The van der Waals surface area contributed by atoms with Gasteiger partial charge in [-0.1, -0.05) is 26.7 Å². The maximum atomic E-state index is 11.5. The number of quaternary nitrogens is 1. The van der Waals surface area contributed by atoms with E-state index >= 15 is 0 Å². The third-order valence-electron chi connectivity index (χ3n) is 9.72. The zero-order valence-corrected chi connectivity index (χ0v) is 16.5. The van der Waals surface area contributed by atoms with Crippen molar-refractivity contribution in [2.24, 2.45) is 34.5 Å². The molecule has 0 radical (unpaired) electrons. The van der Waals surface area contributed by atoms with Crippen LogP contribution in [-0.4, -0.2) is 35.5 Å². The molecular weight excluding hydrogens is 310 g/mol. The number of aliphatic hydroxyl groups excluding tert-OH is 1. The molecule has 0 aromatic rings. The smallest absolute Gasteiger partial charge is 0.119 e. The first-order valence-electron chi connectivity index (χ1n) is 11.1. The van der Waals surface area contributed by atoms with E-state index in [0.29, 0.717) is 5.41 Å². The van der Waals surface area contributed by atoms with Crippen LogP contribution in [0.4, 0.5) is 0 Å². The highest BCUT2D eigenvalue weighted by Gasteiger charge is 2.64. The number of rotatable bonds is 4. The summed E-state index contributed by atoms with van der Waals surface area (Å²) < 4.78 is 0. The van der Waals surface area contributed by atoms with E-state index in [1.165, 1.54) is 57.8 Å². The Balaban J connectivity index is 1.55. The highest BCUT2D eigenvalue weighted by atomic mass is 16.3. The van der Waals surface area contributed by atoms with Gasteiger partial charge in [0, 0.05) is 5.41 Å². The van der Waals surface area contributed by atoms with Gasteiger partial charge in [-0.05, 0) is 80.5 Å². The van der Waals surface area contributed by atoms with Gasteiger partial charge in [0.2, 0.25) is 0 Å². The molecule has 0 saturated heterocycles. The van der Waals surface area contributed by atoms with Gasteiger partial charge in [0.15, 0.2) is 0 Å². The second-order valence-electron chi connectivity index (χ2n) is 10.4. The predicted molar refractivity (Wildman–Crippen MR) is 100 cm³/mol. The van der Waals surface area contributed by atoms with E-state index in [9.17, 15) is 5.11 Å². The molecule has 7 atom stereocenters. The first-order chi connectivity index (χ1) is 11.9. The second-order valence-corrected chi connectivity index (χ2v) is 10.4. The normalized spacial score (nSPS) is 52.3. The molecule has 4 saturated carbocycles. The van der Waals surface area contributed by atoms with Gasteiger partial charge in [0.1, 0.15) is 12.1 Å². The molecule has 0 amide bonds. The lowest BCUT2D eigenvalue weighted by Gasteiger charge is -2.61. The second kappa shape index (κ2) is 6.49. The lowest BCUT2D eigenvalue weighted by molar-refractivity contribution is -0.671. The first kappa shape index (κ1) is 18.3. The molecule has 0 bridgehead atoms. The monoisotopic (exact) mass is 350 g/mol. The van der Waals surface area contributed by atoms with Crippen molar-refractivity contribution in [3.05, 3.63) is 0 Å². The summed E-state index contributed by atoms with van der Waals surface area (Å²) in [6.45, 7) is 6.74. The molecule has 4 N–H and O–H groups in total. The van der Waals surface area contributed by atoms with Crippen LogP contribution < -0.4 is 5.32 Å². The van der Waals surface area contributed by atoms with Crippen molar-refractivity contribution in [2.75, 3.05) is 19.7 Å². The topological polar surface area (TPSA) is 57.1 Å². The first-order valence-corrected chi connectivity index (χ1v) is 11.1. The van der Waals surface area contributed by atoms with Crippen LogP contribution in [0.1, 0.15) is 78.1 Å². The third-order valence-corrected chi connectivity index (χ3v) is 9.72. The van der Waals surface area contributed by atoms with Gasteiger partial charge < -0.3 is 15.5 Å². The van der Waals surface area contributed by atoms with E-state index in [2.05, 4.69) is 19.2 Å². The third kappa shape index (κ3) is 2.63. The Labute approximate surface area is 154 Å². The Morgan fingerprint density at radius 3 is 2.52 bits per heavy atom. The Hall–Kier alpha value is -0.120. The van der Waals surface area contributed by atoms with E-state index in [1.807, 2.05) is 0 Å². The Morgan fingerprint density at radius 1 is 0.920 bits per heavy atom. The fourth-order valence-electron chi connectivity index (χ4n) is 8.17. The molecule has 0 aromatic carbocycles. The minimum atomic E-state index is -0.526. The van der Waals surface area contributed by atoms with Gasteiger partial charge in [-0.3, -0.25) is 0 Å². The van der Waals surface area contributed by atoms with E-state index in [0.717, 1.165) is 43.2 Å². The summed E-state index contributed by atoms with van der Waals surface area (Å²) in [4.78, 5) is 0. The van der Waals surface area contributed by atoms with Crippen molar-refractivity contribution in [1.82, 2.24) is 0 Å². The summed E-state index contributed by atoms with van der Waals surface area (Å²) in [5.74, 6) is 3.46. The van der Waals surface area contributed by atoms with Crippen molar-refractivity contribution in [3.8, 4) is 0 Å². The molecule has 144 valence electrons. The quantitative estimate of drug-likeness (QED) is 0.683. The van der Waals surface area contributed by atoms with E-state index in [4.69, 9.17) is 5.11 Å². The highest BCUT2D eigenvalue weighted by molar-refractivity contribution is 5.13. The van der Waals surface area contributed by atoms with Gasteiger partial charge in [-0.15, -0.1) is 0 Å². The Bertz CT molecular complexity index is 496. The lowest BCUT2D eigenvalue weighted by Crippen LogP contribution is -2.90. The lowest BCUT2D eigenvalue weighted by atomic mass is 9.44. The SMILES string of the molecule is C[C@@]12CCCC[C@@H]1CC[C@H]1[C@H]3CC[C@](O)(C[NH2+]CCO)[C@]3(C)CC[C@@H]12. The largest absolute Gasteiger partial charge is 0.391 e. The van der Waals surface area contributed by atoms with Gasteiger partial charge in [-0.25, -0.2) is 0 Å². The summed E-state index contributed by atoms with van der Waals surface area (Å²) >= 11 is 0. The average Bonchev–Trinajstić information content (AvgIpc) is 2.86. The summed E-state index contributed by atoms with van der Waals surface area (Å²) in [6, 6.07) is 0. The summed E-state index contributed by atoms with van der Waals surface area (Å²) in [5.41, 5.74) is 0.159. The van der Waals surface area contributed by atoms with Crippen molar-refractivity contribution < 1.29 is 15.5 Å². The van der Waals surface area contributed by atoms with Crippen molar-refractivity contribution in [1.29, 1.82) is 0 Å². The zero-order valence-electron chi connectivity index (χ0n) is 16.5. The molecule has 0 unspecified atom stereocenters. The number of nitrogens with two attached hydrogens (primary N) is 1. The number of hydrogen-bond acceptors (Lipinski definition) is 2. The molecule has 0 aromatic heterocycles. The fourth-order valence-corrected chi connectivity index (χ4v) is 8.17. The average molecular weight is 351 g/mol. The molecule has 0 heterocycles. The van der Waals surface area contributed by atoms with Gasteiger partial charge in [-0.2, -0.15) is 0 Å². The maximum Gasteiger partial charge on any atom is 0.119 e. The standard InChI is InChI=1S/C22H39NO2/c1-20-10-4-3-5-16(20)6-7-17-18(20)8-11-21(2)19(17)9-12-22(21,25)15-23-13-14-24/h16-19,23-25H,3-15H2,1-2H3/p+1/t16-,17-,18+,19-,20-,21-,22+/m1/s1. The zero-order chi connectivity index (χ0) is 17.7. The van der Waals surface area contributed by atoms with Crippen LogP contribution in [0.15, 0.2) is 0 Å². The molecule has 4 fully saturated rings. The highest BCUT2D eigenvalue weighted by Crippen LogP contribution is 2.67. The van der Waals surface area contributed by atoms with Crippen LogP contribution in [0.5, 0.6) is 0 Å². The minimum absolute atomic E-state index is 0.0952. The number of hydrogen-bond donors (Lipinski definition) is 3. The molecule has 4 aliphatic rings. The van der Waals surface area contributed by atoms with Crippen LogP contribution in [-0.2, 0) is 0 Å². The van der Waals surface area contributed by atoms with Gasteiger partial charge in [0.25, 0.3) is 0 Å². The van der Waals surface area contributed by atoms with E-state index < -0.39 is 5.60 Å². The molecule has 0 spiro atoms. The summed E-state index contributed by atoms with van der Waals surface area (Å²) in [5, 5.41) is 22.8. The molecule has 4 rings (SSSR count). The van der Waals surface area contributed by atoms with Crippen LogP contribution in [0.25, 0.3) is 0 Å². The van der Waals surface area contributed by atoms with Crippen LogP contribution >= 0.6 is 0 Å². The summed E-state index contributed by atoms with van der Waals surface area (Å²) in [7, 11) is 0.